The molecule has 1 heterocycles. The second-order valence-corrected chi connectivity index (χ2v) is 8.42. The predicted molar refractivity (Wildman–Crippen MR) is 96.7 cm³/mol. The highest BCUT2D eigenvalue weighted by Crippen LogP contribution is 2.19. The van der Waals surface area contributed by atoms with Crippen molar-refractivity contribution in [1.82, 2.24) is 4.31 Å². The van der Waals surface area contributed by atoms with Gasteiger partial charge in [-0.15, -0.1) is 0 Å². The van der Waals surface area contributed by atoms with Crippen LogP contribution in [0.15, 0.2) is 40.2 Å². The summed E-state index contributed by atoms with van der Waals surface area (Å²) in [6, 6.07) is 8.88. The van der Waals surface area contributed by atoms with Gasteiger partial charge in [0.05, 0.1) is 10.9 Å². The van der Waals surface area contributed by atoms with Crippen LogP contribution in [-0.2, 0) is 14.8 Å². The first-order chi connectivity index (χ1) is 11.4. The van der Waals surface area contributed by atoms with E-state index in [-0.39, 0.29) is 0 Å². The summed E-state index contributed by atoms with van der Waals surface area (Å²) < 4.78 is 31.9. The standard InChI is InChI=1S/C18H28N2O3S/c1-4-16-14-23-18(19-16)15(2)10-8-9-13-20(3)24(21,22)17-11-6-5-7-12-17/h5-7,11-12,15-16H,4,8-10,13-14H2,1-3H3/t15?,16-/m1/s1. The molecule has 0 spiro atoms. The van der Waals surface area contributed by atoms with Crippen LogP contribution >= 0.6 is 0 Å². The van der Waals surface area contributed by atoms with Crippen molar-refractivity contribution in [3.05, 3.63) is 30.3 Å². The van der Waals surface area contributed by atoms with Gasteiger partial charge in [0.2, 0.25) is 10.0 Å². The molecule has 0 radical (unpaired) electrons. The Morgan fingerprint density at radius 3 is 2.62 bits per heavy atom. The van der Waals surface area contributed by atoms with Crippen molar-refractivity contribution in [1.29, 1.82) is 0 Å². The van der Waals surface area contributed by atoms with Crippen molar-refractivity contribution in [2.24, 2.45) is 10.9 Å². The number of hydrogen-bond acceptors (Lipinski definition) is 4. The molecule has 0 aliphatic carbocycles. The quantitative estimate of drug-likeness (QED) is 0.641. The van der Waals surface area contributed by atoms with E-state index in [9.17, 15) is 8.42 Å². The Morgan fingerprint density at radius 2 is 2.00 bits per heavy atom. The van der Waals surface area contributed by atoms with Crippen LogP contribution in [0.1, 0.15) is 39.5 Å². The molecule has 0 amide bonds. The van der Waals surface area contributed by atoms with Crippen LogP contribution < -0.4 is 0 Å². The van der Waals surface area contributed by atoms with E-state index in [2.05, 4.69) is 18.8 Å². The topological polar surface area (TPSA) is 59.0 Å². The fourth-order valence-electron chi connectivity index (χ4n) is 2.72. The molecule has 1 unspecified atom stereocenters. The third-order valence-electron chi connectivity index (χ3n) is 4.44. The van der Waals surface area contributed by atoms with Crippen LogP contribution in [0, 0.1) is 5.92 Å². The molecule has 0 bridgehead atoms. The highest BCUT2D eigenvalue weighted by molar-refractivity contribution is 7.89. The first-order valence-corrected chi connectivity index (χ1v) is 10.1. The summed E-state index contributed by atoms with van der Waals surface area (Å²) in [7, 11) is -1.74. The molecule has 1 aromatic rings. The lowest BCUT2D eigenvalue weighted by atomic mass is 10.0. The van der Waals surface area contributed by atoms with E-state index in [1.165, 1.54) is 4.31 Å². The molecule has 0 N–H and O–H groups in total. The van der Waals surface area contributed by atoms with Crippen LogP contribution in [0.2, 0.25) is 0 Å². The molecule has 134 valence electrons. The number of sulfonamides is 1. The van der Waals surface area contributed by atoms with E-state index >= 15 is 0 Å². The van der Waals surface area contributed by atoms with Gasteiger partial charge in [-0.3, -0.25) is 0 Å². The highest BCUT2D eigenvalue weighted by atomic mass is 32.2. The summed E-state index contributed by atoms with van der Waals surface area (Å²) in [5.74, 6) is 1.17. The molecule has 6 heteroatoms. The molecule has 1 aliphatic rings. The van der Waals surface area contributed by atoms with Gasteiger partial charge in [0.1, 0.15) is 6.61 Å². The summed E-state index contributed by atoms with van der Waals surface area (Å²) >= 11 is 0. The summed E-state index contributed by atoms with van der Waals surface area (Å²) in [6.07, 6.45) is 3.76. The molecule has 0 fully saturated rings. The summed E-state index contributed by atoms with van der Waals surface area (Å²) in [5.41, 5.74) is 0. The maximum absolute atomic E-state index is 12.4. The molecule has 2 rings (SSSR count). The van der Waals surface area contributed by atoms with Crippen molar-refractivity contribution < 1.29 is 13.2 Å². The minimum absolute atomic E-state index is 0.303. The largest absolute Gasteiger partial charge is 0.478 e. The predicted octanol–water partition coefficient (Wildman–Crippen LogP) is 3.32. The van der Waals surface area contributed by atoms with Gasteiger partial charge in [-0.05, 0) is 31.4 Å². The molecule has 24 heavy (non-hydrogen) atoms. The number of rotatable bonds is 9. The summed E-state index contributed by atoms with van der Waals surface area (Å²) in [4.78, 5) is 4.93. The van der Waals surface area contributed by atoms with Gasteiger partial charge in [-0.1, -0.05) is 38.5 Å². The number of aliphatic imine (C=N–C) groups is 1. The normalized spacial score (nSPS) is 19.2. The SMILES string of the molecule is CC[C@@H]1COC(C(C)CCCCN(C)S(=O)(=O)c2ccccc2)=N1. The first-order valence-electron chi connectivity index (χ1n) is 8.67. The first kappa shape index (κ1) is 18.9. The van der Waals surface area contributed by atoms with E-state index in [4.69, 9.17) is 4.74 Å². The average Bonchev–Trinajstić information content (AvgIpc) is 3.08. The lowest BCUT2D eigenvalue weighted by Gasteiger charge is -2.17. The molecular weight excluding hydrogens is 324 g/mol. The third-order valence-corrected chi connectivity index (χ3v) is 6.31. The van der Waals surface area contributed by atoms with Crippen molar-refractivity contribution in [3.8, 4) is 0 Å². The Kier molecular flexibility index (Phi) is 6.80. The molecule has 2 atom stereocenters. The average molecular weight is 352 g/mol. The van der Waals surface area contributed by atoms with Crippen molar-refractivity contribution in [2.75, 3.05) is 20.2 Å². The molecule has 5 nitrogen and oxygen atoms in total. The fraction of sp³-hybridized carbons (Fsp3) is 0.611. The van der Waals surface area contributed by atoms with Gasteiger partial charge in [0, 0.05) is 19.5 Å². The van der Waals surface area contributed by atoms with Gasteiger partial charge in [-0.2, -0.15) is 0 Å². The molecular formula is C18H28N2O3S. The van der Waals surface area contributed by atoms with Crippen LogP contribution in [-0.4, -0.2) is 44.9 Å². The Hall–Kier alpha value is -1.40. The van der Waals surface area contributed by atoms with Crippen LogP contribution in [0.3, 0.4) is 0 Å². The van der Waals surface area contributed by atoms with Crippen molar-refractivity contribution in [2.45, 2.75) is 50.5 Å². The second kappa shape index (κ2) is 8.62. The second-order valence-electron chi connectivity index (χ2n) is 6.38. The number of unbranched alkanes of at least 4 members (excludes halogenated alkanes) is 1. The smallest absolute Gasteiger partial charge is 0.242 e. The molecule has 1 aliphatic heterocycles. The number of nitrogens with zero attached hydrogens (tertiary/aromatic N) is 2. The Labute approximate surface area is 145 Å². The van der Waals surface area contributed by atoms with Gasteiger partial charge < -0.3 is 4.74 Å². The van der Waals surface area contributed by atoms with Gasteiger partial charge in [0.25, 0.3) is 0 Å². The summed E-state index contributed by atoms with van der Waals surface area (Å²) in [5, 5.41) is 0. The van der Waals surface area contributed by atoms with Crippen molar-refractivity contribution >= 4 is 15.9 Å². The summed E-state index contributed by atoms with van der Waals surface area (Å²) in [6.45, 7) is 5.47. The Morgan fingerprint density at radius 1 is 1.29 bits per heavy atom. The van der Waals surface area contributed by atoms with E-state index in [0.29, 0.717) is 30.0 Å². The number of ether oxygens (including phenoxy) is 1. The highest BCUT2D eigenvalue weighted by Gasteiger charge is 2.22. The van der Waals surface area contributed by atoms with Gasteiger partial charge in [0.15, 0.2) is 5.90 Å². The van der Waals surface area contributed by atoms with Gasteiger partial charge >= 0.3 is 0 Å². The molecule has 0 saturated carbocycles. The van der Waals surface area contributed by atoms with Gasteiger partial charge in [-0.25, -0.2) is 17.7 Å². The minimum Gasteiger partial charge on any atom is -0.478 e. The number of benzene rings is 1. The zero-order chi connectivity index (χ0) is 17.6. The number of hydrogen-bond donors (Lipinski definition) is 0. The fourth-order valence-corrected chi connectivity index (χ4v) is 3.95. The lowest BCUT2D eigenvalue weighted by molar-refractivity contribution is 0.294. The van der Waals surface area contributed by atoms with E-state index in [1.54, 1.807) is 31.3 Å². The maximum Gasteiger partial charge on any atom is 0.242 e. The Bertz CT molecular complexity index is 643. The third kappa shape index (κ3) is 4.80. The lowest BCUT2D eigenvalue weighted by Crippen LogP contribution is -2.28. The molecule has 0 saturated heterocycles. The monoisotopic (exact) mass is 352 g/mol. The van der Waals surface area contributed by atoms with Crippen LogP contribution in [0.5, 0.6) is 0 Å². The van der Waals surface area contributed by atoms with Crippen LogP contribution in [0.4, 0.5) is 0 Å². The van der Waals surface area contributed by atoms with Crippen molar-refractivity contribution in [3.63, 3.8) is 0 Å². The molecule has 0 aromatic heterocycles. The van der Waals surface area contributed by atoms with Crippen LogP contribution in [0.25, 0.3) is 0 Å². The molecule has 1 aromatic carbocycles. The zero-order valence-corrected chi connectivity index (χ0v) is 15.6. The maximum atomic E-state index is 12.4. The van der Waals surface area contributed by atoms with E-state index in [0.717, 1.165) is 31.6 Å². The minimum atomic E-state index is -3.38. The zero-order valence-electron chi connectivity index (χ0n) is 14.8. The van der Waals surface area contributed by atoms with E-state index in [1.807, 2.05) is 6.07 Å². The Balaban J connectivity index is 1.76. The van der Waals surface area contributed by atoms with E-state index < -0.39 is 10.0 Å².